The summed E-state index contributed by atoms with van der Waals surface area (Å²) in [5.74, 6) is -4.05. The average molecular weight is 354 g/mol. The van der Waals surface area contributed by atoms with E-state index in [1.807, 2.05) is 0 Å². The molecule has 0 bridgehead atoms. The van der Waals surface area contributed by atoms with Crippen molar-refractivity contribution >= 4 is 40.1 Å². The van der Waals surface area contributed by atoms with Crippen LogP contribution in [0.4, 0.5) is 0 Å². The third-order valence-electron chi connectivity index (χ3n) is 2.20. The normalized spacial score (nSPS) is 33.7. The molecule has 19 heavy (non-hydrogen) atoms. The highest BCUT2D eigenvalue weighted by molar-refractivity contribution is 8.13. The van der Waals surface area contributed by atoms with Crippen molar-refractivity contribution in [1.29, 1.82) is 0 Å². The molecule has 2 fully saturated rings. The van der Waals surface area contributed by atoms with Gasteiger partial charge in [0.15, 0.2) is 23.5 Å². The predicted octanol–water partition coefficient (Wildman–Crippen LogP) is -2.27. The van der Waals surface area contributed by atoms with Crippen LogP contribution in [0, 0.1) is 0 Å². The Morgan fingerprint density at radius 2 is 0.737 bits per heavy atom. The molecule has 2 aliphatic rings. The summed E-state index contributed by atoms with van der Waals surface area (Å²) >= 11 is 0. The van der Waals surface area contributed by atoms with Gasteiger partial charge < -0.3 is 8.25 Å². The zero-order valence-electron chi connectivity index (χ0n) is 9.07. The third-order valence-corrected chi connectivity index (χ3v) is 9.33. The van der Waals surface area contributed by atoms with Gasteiger partial charge >= 0.3 is 0 Å². The Balaban J connectivity index is 2.59. The van der Waals surface area contributed by atoms with Crippen LogP contribution in [0.25, 0.3) is 8.25 Å². The van der Waals surface area contributed by atoms with E-state index in [-0.39, 0.29) is 0 Å². The van der Waals surface area contributed by atoms with Gasteiger partial charge in [0.05, 0.1) is 0 Å². The standard InChI is InChI=1S/C4H8N3O8S4/c8-16(9)1-7(2-17(10,11)5-16)3-18(12,13)6-19(14,15)4-7/h1-4H2/q-1. The highest BCUT2D eigenvalue weighted by Crippen LogP contribution is 2.34. The minimum absolute atomic E-state index is 1.01. The molecular weight excluding hydrogens is 346 g/mol. The molecule has 2 aliphatic heterocycles. The van der Waals surface area contributed by atoms with Gasteiger partial charge in [0.25, 0.3) is 0 Å². The van der Waals surface area contributed by atoms with Gasteiger partial charge in [-0.25, -0.2) is 33.7 Å². The molecule has 11 nitrogen and oxygen atoms in total. The molecular formula is C4H8N3O8S4-. The first kappa shape index (κ1) is 15.1. The maximum absolute atomic E-state index is 11.4. The quantitative estimate of drug-likeness (QED) is 0.439. The van der Waals surface area contributed by atoms with Crippen LogP contribution in [0.1, 0.15) is 0 Å². The van der Waals surface area contributed by atoms with Crippen molar-refractivity contribution in [2.45, 2.75) is 0 Å². The lowest BCUT2D eigenvalue weighted by Gasteiger charge is -2.48. The minimum atomic E-state index is -4.46. The molecule has 0 atom stereocenters. The van der Waals surface area contributed by atoms with Crippen molar-refractivity contribution < 1.29 is 38.2 Å². The molecule has 0 amide bonds. The van der Waals surface area contributed by atoms with Gasteiger partial charge in [0.1, 0.15) is 40.1 Å². The van der Waals surface area contributed by atoms with Gasteiger partial charge in [-0.15, -0.1) is 0 Å². The second-order valence-electron chi connectivity index (χ2n) is 4.33. The molecule has 112 valence electrons. The number of quaternary nitrogens is 1. The fourth-order valence-electron chi connectivity index (χ4n) is 2.05. The number of hydrogen-bond acceptors (Lipinski definition) is 8. The number of nitrogens with zero attached hydrogens (tertiary/aromatic N) is 3. The molecule has 0 unspecified atom stereocenters. The van der Waals surface area contributed by atoms with E-state index in [2.05, 4.69) is 8.25 Å². The van der Waals surface area contributed by atoms with E-state index in [4.69, 9.17) is 0 Å². The van der Waals surface area contributed by atoms with Crippen molar-refractivity contribution in [3.63, 3.8) is 0 Å². The summed E-state index contributed by atoms with van der Waals surface area (Å²) in [5, 5.41) is 0. The highest BCUT2D eigenvalue weighted by Gasteiger charge is 2.45. The van der Waals surface area contributed by atoms with E-state index < -0.39 is 68.1 Å². The summed E-state index contributed by atoms with van der Waals surface area (Å²) in [6.45, 7) is 0. The molecule has 1 spiro atoms. The van der Waals surface area contributed by atoms with Crippen LogP contribution in [0.5, 0.6) is 0 Å². The smallest absolute Gasteiger partial charge is 0.166 e. The highest BCUT2D eigenvalue weighted by atomic mass is 32.3. The monoisotopic (exact) mass is 354 g/mol. The van der Waals surface area contributed by atoms with Crippen LogP contribution < -0.4 is 0 Å². The summed E-state index contributed by atoms with van der Waals surface area (Å²) in [5.41, 5.74) is 0. The van der Waals surface area contributed by atoms with Gasteiger partial charge in [0.2, 0.25) is 0 Å². The van der Waals surface area contributed by atoms with E-state index >= 15 is 0 Å². The molecule has 2 rings (SSSR count). The number of rotatable bonds is 0. The van der Waals surface area contributed by atoms with Crippen LogP contribution >= 0.6 is 0 Å². The van der Waals surface area contributed by atoms with E-state index in [1.165, 1.54) is 0 Å². The van der Waals surface area contributed by atoms with Crippen molar-refractivity contribution in [3.8, 4) is 0 Å². The zero-order chi connectivity index (χ0) is 14.7. The van der Waals surface area contributed by atoms with Crippen LogP contribution in [-0.4, -0.2) is 61.7 Å². The summed E-state index contributed by atoms with van der Waals surface area (Å²) in [7, 11) is -17.8. The molecule has 15 heteroatoms. The Labute approximate surface area is 110 Å². The molecule has 0 aromatic rings. The first-order chi connectivity index (χ1) is 8.24. The maximum atomic E-state index is 11.4. The SMILES string of the molecule is O=S1(=O)C[N+]2(CS(=O)(=O)[N-]1)CS(=O)(=O)[N-]S(=O)(=O)C2. The lowest BCUT2D eigenvalue weighted by Crippen LogP contribution is -2.62. The predicted molar refractivity (Wildman–Crippen MR) is 62.1 cm³/mol. The first-order valence-corrected chi connectivity index (χ1v) is 10.9. The molecule has 0 N–H and O–H groups in total. The van der Waals surface area contributed by atoms with Gasteiger partial charge in [-0.3, -0.25) is 4.48 Å². The first-order valence-electron chi connectivity index (χ1n) is 4.48. The second kappa shape index (κ2) is 3.86. The van der Waals surface area contributed by atoms with Crippen molar-refractivity contribution in [2.24, 2.45) is 0 Å². The molecule has 0 aliphatic carbocycles. The van der Waals surface area contributed by atoms with Gasteiger partial charge in [-0.2, -0.15) is 0 Å². The van der Waals surface area contributed by atoms with E-state index in [1.54, 1.807) is 0 Å². The number of hydrogen-bond donors (Lipinski definition) is 0. The topological polar surface area (TPSA) is 165 Å². The van der Waals surface area contributed by atoms with Crippen molar-refractivity contribution in [3.05, 3.63) is 8.25 Å². The van der Waals surface area contributed by atoms with E-state index in [0.29, 0.717) is 0 Å². The van der Waals surface area contributed by atoms with Gasteiger partial charge in [0, 0.05) is 0 Å². The zero-order valence-corrected chi connectivity index (χ0v) is 12.3. The molecule has 2 heterocycles. The van der Waals surface area contributed by atoms with Gasteiger partial charge in [-0.1, -0.05) is 0 Å². The lowest BCUT2D eigenvalue weighted by molar-refractivity contribution is -0.883. The summed E-state index contributed by atoms with van der Waals surface area (Å²) < 4.78 is 95.1. The summed E-state index contributed by atoms with van der Waals surface area (Å²) in [6, 6.07) is 0. The van der Waals surface area contributed by atoms with Crippen LogP contribution in [0.15, 0.2) is 0 Å². The lowest BCUT2D eigenvalue weighted by atomic mass is 10.7. The fourth-order valence-corrected chi connectivity index (χ4v) is 10.1. The van der Waals surface area contributed by atoms with Crippen LogP contribution in [0.3, 0.4) is 0 Å². The van der Waals surface area contributed by atoms with Crippen molar-refractivity contribution in [2.75, 3.05) is 23.5 Å². The third kappa shape index (κ3) is 3.41. The van der Waals surface area contributed by atoms with Gasteiger partial charge in [-0.05, 0) is 0 Å². The molecule has 2 saturated heterocycles. The maximum Gasteiger partial charge on any atom is 0.166 e. The second-order valence-corrected chi connectivity index (χ2v) is 11.2. The van der Waals surface area contributed by atoms with Crippen LogP contribution in [0.2, 0.25) is 0 Å². The Hall–Kier alpha value is -0.320. The fraction of sp³-hybridized carbons (Fsp3) is 1.00. The summed E-state index contributed by atoms with van der Waals surface area (Å²) in [4.78, 5) is 0. The van der Waals surface area contributed by atoms with Crippen LogP contribution in [-0.2, 0) is 40.1 Å². The van der Waals surface area contributed by atoms with E-state index in [9.17, 15) is 33.7 Å². The minimum Gasteiger partial charge on any atom is -0.426 e. The molecule has 0 aromatic heterocycles. The van der Waals surface area contributed by atoms with Crippen molar-refractivity contribution in [1.82, 2.24) is 0 Å². The Morgan fingerprint density at radius 1 is 0.526 bits per heavy atom. The molecule has 0 aromatic carbocycles. The summed E-state index contributed by atoms with van der Waals surface area (Å²) in [6.07, 6.45) is 0. The van der Waals surface area contributed by atoms with E-state index in [0.717, 1.165) is 0 Å². The largest absolute Gasteiger partial charge is 0.426 e. The Morgan fingerprint density at radius 3 is 0.947 bits per heavy atom. The molecule has 0 radical (unpaired) electrons. The Bertz CT molecular complexity index is 675. The Kier molecular flexibility index (Phi) is 3.07. The average Bonchev–Trinajstić information content (AvgIpc) is 1.84. The molecule has 0 saturated carbocycles. The number of sulfonamides is 4.